The van der Waals surface area contributed by atoms with Gasteiger partial charge in [0.2, 0.25) is 0 Å². The van der Waals surface area contributed by atoms with Gasteiger partial charge < -0.3 is 0 Å². The molecule has 0 fully saturated rings. The van der Waals surface area contributed by atoms with E-state index >= 15 is 0 Å². The van der Waals surface area contributed by atoms with Crippen molar-refractivity contribution >= 4 is 43.0 Å². The number of alkyl halides is 2. The van der Waals surface area contributed by atoms with Crippen LogP contribution in [-0.2, 0) is 0 Å². The summed E-state index contributed by atoms with van der Waals surface area (Å²) < 4.78 is 0. The van der Waals surface area contributed by atoms with Gasteiger partial charge in [-0.3, -0.25) is 0 Å². The molecule has 0 rings (SSSR count). The van der Waals surface area contributed by atoms with Gasteiger partial charge >= 0.3 is 19.8 Å². The van der Waals surface area contributed by atoms with E-state index in [0.717, 1.165) is 0 Å². The molecule has 0 aliphatic carbocycles. The van der Waals surface area contributed by atoms with Crippen molar-refractivity contribution in [3.63, 3.8) is 0 Å². The Labute approximate surface area is 54.9 Å². The average molecular weight is 171 g/mol. The minimum absolute atomic E-state index is 0. The van der Waals surface area contributed by atoms with E-state index in [1.54, 1.807) is 0 Å². The molecule has 0 saturated heterocycles. The Balaban J connectivity index is 0. The molecule has 0 spiro atoms. The van der Waals surface area contributed by atoms with Crippen LogP contribution >= 0.6 is 23.2 Å². The summed E-state index contributed by atoms with van der Waals surface area (Å²) in [5.41, 5.74) is 0. The Morgan fingerprint density at radius 3 is 1.40 bits per heavy atom. The van der Waals surface area contributed by atoms with E-state index in [-0.39, 0.29) is 19.8 Å². The Hall–Kier alpha value is 1.22. The second kappa shape index (κ2) is 5.22. The third-order valence-electron chi connectivity index (χ3n) is 0. The topological polar surface area (TPSA) is 0 Å². The number of hydrogen-bond donors (Lipinski definition) is 0. The van der Waals surface area contributed by atoms with Crippen LogP contribution in [0.4, 0.5) is 0 Å². The standard InChI is InChI=1S/C2H3Cl2.Ga.3H/c1-2(3)4;;;;/h2H,1H2;;;;. The number of rotatable bonds is 0. The predicted molar refractivity (Wildman–Crippen MR) is 30.8 cm³/mol. The Morgan fingerprint density at radius 2 is 1.40 bits per heavy atom. The monoisotopic (exact) mass is 169 g/mol. The van der Waals surface area contributed by atoms with E-state index in [2.05, 4.69) is 6.92 Å². The summed E-state index contributed by atoms with van der Waals surface area (Å²) in [4.78, 5) is -0.472. The summed E-state index contributed by atoms with van der Waals surface area (Å²) in [5.74, 6) is 0. The van der Waals surface area contributed by atoms with E-state index in [4.69, 9.17) is 23.2 Å². The molecule has 0 aromatic carbocycles. The molecule has 1 radical (unpaired) electrons. The summed E-state index contributed by atoms with van der Waals surface area (Å²) >= 11 is 9.86. The molecule has 0 nitrogen and oxygen atoms in total. The van der Waals surface area contributed by atoms with Crippen LogP contribution in [0.25, 0.3) is 0 Å². The van der Waals surface area contributed by atoms with Crippen LogP contribution in [0, 0.1) is 6.92 Å². The fourth-order valence-electron chi connectivity index (χ4n) is 0. The van der Waals surface area contributed by atoms with Gasteiger partial charge in [0, 0.05) is 0 Å². The van der Waals surface area contributed by atoms with Crippen molar-refractivity contribution in [3.05, 3.63) is 6.92 Å². The molecule has 0 saturated carbocycles. The Bertz CT molecular complexity index is 12.4. The van der Waals surface area contributed by atoms with E-state index in [9.17, 15) is 0 Å². The maximum absolute atomic E-state index is 4.93. The molecule has 0 atom stereocenters. The summed E-state index contributed by atoms with van der Waals surface area (Å²) in [6.07, 6.45) is 0. The van der Waals surface area contributed by atoms with Gasteiger partial charge in [-0.05, 0) is 6.92 Å². The molecule has 0 unspecified atom stereocenters. The minimum atomic E-state index is -0.472. The molecule has 0 N–H and O–H groups in total. The predicted octanol–water partition coefficient (Wildman–Crippen LogP) is 0.440. The van der Waals surface area contributed by atoms with Crippen LogP contribution in [0.3, 0.4) is 0 Å². The fraction of sp³-hybridized carbons (Fsp3) is 0.500. The SMILES string of the molecule is [CH2]C(Cl)Cl.[GaH3]. The molecule has 0 aromatic heterocycles. The fourth-order valence-corrected chi connectivity index (χ4v) is 0. The van der Waals surface area contributed by atoms with Crippen LogP contribution in [0.1, 0.15) is 0 Å². The van der Waals surface area contributed by atoms with Gasteiger partial charge in [0.05, 0.1) is 0 Å². The Kier molecular flexibility index (Phi) is 9.93. The summed E-state index contributed by atoms with van der Waals surface area (Å²) in [5, 5.41) is 0. The zero-order valence-electron chi connectivity index (χ0n) is 2.04. The van der Waals surface area contributed by atoms with Crippen LogP contribution in [0.5, 0.6) is 0 Å². The summed E-state index contributed by atoms with van der Waals surface area (Å²) in [7, 11) is 0. The molecule has 0 aromatic rings. The van der Waals surface area contributed by atoms with Crippen molar-refractivity contribution in [3.8, 4) is 0 Å². The van der Waals surface area contributed by atoms with Gasteiger partial charge in [-0.1, -0.05) is 0 Å². The van der Waals surface area contributed by atoms with Crippen LogP contribution in [0.15, 0.2) is 0 Å². The van der Waals surface area contributed by atoms with Crippen molar-refractivity contribution in [2.24, 2.45) is 0 Å². The number of halogens is 2. The first-order valence-electron chi connectivity index (χ1n) is 0.845. The summed E-state index contributed by atoms with van der Waals surface area (Å²) in [6, 6.07) is 0. The van der Waals surface area contributed by atoms with Gasteiger partial charge in [0.25, 0.3) is 0 Å². The summed E-state index contributed by atoms with van der Waals surface area (Å²) in [6.45, 7) is 3.17. The molecular formula is C2H6Cl2Ga. The van der Waals surface area contributed by atoms with Crippen LogP contribution in [-0.4, -0.2) is 24.6 Å². The molecule has 0 amide bonds. The zero-order chi connectivity index (χ0) is 3.58. The maximum atomic E-state index is 4.93. The third kappa shape index (κ3) is 36.5. The molecule has 0 heterocycles. The van der Waals surface area contributed by atoms with Crippen molar-refractivity contribution in [1.29, 1.82) is 0 Å². The zero-order valence-corrected chi connectivity index (χ0v) is 3.55. The van der Waals surface area contributed by atoms with Gasteiger partial charge in [-0.25, -0.2) is 0 Å². The van der Waals surface area contributed by atoms with Gasteiger partial charge in [-0.2, -0.15) is 0 Å². The van der Waals surface area contributed by atoms with Crippen molar-refractivity contribution in [2.45, 2.75) is 4.84 Å². The average Bonchev–Trinajstić information content (AvgIpc) is 0.811. The van der Waals surface area contributed by atoms with E-state index < -0.39 is 4.84 Å². The first-order chi connectivity index (χ1) is 1.73. The molecule has 0 aliphatic heterocycles. The second-order valence-corrected chi connectivity index (χ2v) is 1.67. The first-order valence-corrected chi connectivity index (χ1v) is 1.72. The van der Waals surface area contributed by atoms with Crippen molar-refractivity contribution in [1.82, 2.24) is 0 Å². The van der Waals surface area contributed by atoms with Gasteiger partial charge in [-0.15, -0.1) is 23.2 Å². The van der Waals surface area contributed by atoms with E-state index in [1.807, 2.05) is 0 Å². The quantitative estimate of drug-likeness (QED) is 0.366. The molecule has 0 bridgehead atoms. The third-order valence-corrected chi connectivity index (χ3v) is 0. The van der Waals surface area contributed by atoms with Gasteiger partial charge in [0.1, 0.15) is 4.84 Å². The molecule has 31 valence electrons. The van der Waals surface area contributed by atoms with Gasteiger partial charge in [0.15, 0.2) is 0 Å². The molecule has 5 heavy (non-hydrogen) atoms. The second-order valence-electron chi connectivity index (χ2n) is 0.391. The number of hydrogen-bond acceptors (Lipinski definition) is 0. The molecule has 0 aliphatic rings. The van der Waals surface area contributed by atoms with Crippen molar-refractivity contribution < 1.29 is 0 Å². The van der Waals surface area contributed by atoms with E-state index in [1.165, 1.54) is 0 Å². The van der Waals surface area contributed by atoms with E-state index in [0.29, 0.717) is 0 Å². The normalized spacial score (nSPS) is 7.20. The molecular weight excluding hydrogens is 165 g/mol. The Morgan fingerprint density at radius 1 is 1.40 bits per heavy atom. The molecule has 3 heteroatoms. The van der Waals surface area contributed by atoms with Crippen molar-refractivity contribution in [2.75, 3.05) is 0 Å². The van der Waals surface area contributed by atoms with Crippen LogP contribution in [0.2, 0.25) is 0 Å². The first kappa shape index (κ1) is 9.51. The van der Waals surface area contributed by atoms with Crippen LogP contribution < -0.4 is 0 Å².